The average Bonchev–Trinajstić information content (AvgIpc) is 2.74. The molecule has 29 heavy (non-hydrogen) atoms. The Bertz CT molecular complexity index is 1440. The van der Waals surface area contributed by atoms with Gasteiger partial charge in [-0.05, 0) is 56.6 Å². The van der Waals surface area contributed by atoms with Crippen LogP contribution in [0.25, 0.3) is 32.3 Å². The third-order valence-electron chi connectivity index (χ3n) is 5.14. The predicted molar refractivity (Wildman–Crippen MR) is 124 cm³/mol. The van der Waals surface area contributed by atoms with Gasteiger partial charge in [0.25, 0.3) is 0 Å². The summed E-state index contributed by atoms with van der Waals surface area (Å²) < 4.78 is 0. The van der Waals surface area contributed by atoms with Gasteiger partial charge in [0, 0.05) is 16.8 Å². The highest BCUT2D eigenvalue weighted by atomic mass is 35.5. The van der Waals surface area contributed by atoms with Gasteiger partial charge in [-0.25, -0.2) is 0 Å². The Kier molecular flexibility index (Phi) is 4.39. The number of hydrogen-bond acceptors (Lipinski definition) is 2. The van der Waals surface area contributed by atoms with Crippen molar-refractivity contribution in [1.82, 2.24) is 0 Å². The van der Waals surface area contributed by atoms with Crippen LogP contribution in [0.15, 0.2) is 83.9 Å². The van der Waals surface area contributed by atoms with Gasteiger partial charge in [0.05, 0.1) is 10.7 Å². The molecule has 1 N–H and O–H groups in total. The lowest BCUT2D eigenvalue weighted by Gasteiger charge is -2.08. The van der Waals surface area contributed by atoms with Crippen LogP contribution in [0.1, 0.15) is 5.56 Å². The minimum atomic E-state index is -0.0292. The van der Waals surface area contributed by atoms with Crippen LogP contribution in [0.2, 0.25) is 10.0 Å². The fourth-order valence-electron chi connectivity index (χ4n) is 3.73. The third-order valence-corrected chi connectivity index (χ3v) is 5.64. The molecule has 0 amide bonds. The molecule has 0 aromatic heterocycles. The molecule has 5 aromatic carbocycles. The monoisotopic (exact) mass is 415 g/mol. The summed E-state index contributed by atoms with van der Waals surface area (Å²) in [6, 6.07) is 26.3. The molecule has 0 saturated carbocycles. The van der Waals surface area contributed by atoms with E-state index >= 15 is 0 Å². The molecular weight excluding hydrogens is 401 g/mol. The minimum absolute atomic E-state index is 0.0292. The van der Waals surface area contributed by atoms with Crippen molar-refractivity contribution < 1.29 is 5.11 Å². The molecule has 4 heteroatoms. The normalized spacial score (nSPS) is 11.8. The molecule has 0 bridgehead atoms. The summed E-state index contributed by atoms with van der Waals surface area (Å²) in [5.74, 6) is -0.0292. The van der Waals surface area contributed by atoms with Crippen molar-refractivity contribution in [3.05, 3.63) is 94.5 Å². The van der Waals surface area contributed by atoms with Crippen molar-refractivity contribution in [3.63, 3.8) is 0 Å². The molecule has 0 spiro atoms. The topological polar surface area (TPSA) is 32.6 Å². The number of halogens is 2. The van der Waals surface area contributed by atoms with E-state index < -0.39 is 0 Å². The van der Waals surface area contributed by atoms with E-state index in [1.54, 1.807) is 12.3 Å². The zero-order valence-corrected chi connectivity index (χ0v) is 16.7. The standard InChI is InChI=1S/C25H15Cl2NO/c26-18-11-17(25(29)24(27)13-18)14-28-19-7-10-21-16(12-19)6-9-22-20-4-2-1-3-15(20)5-8-23(21)22/h1-14,29H. The van der Waals surface area contributed by atoms with E-state index in [1.807, 2.05) is 12.1 Å². The zero-order chi connectivity index (χ0) is 20.0. The number of aliphatic imine (C=N–C) groups is 1. The van der Waals surface area contributed by atoms with Crippen LogP contribution in [0.4, 0.5) is 5.69 Å². The Balaban J connectivity index is 1.61. The van der Waals surface area contributed by atoms with Crippen molar-refractivity contribution in [2.45, 2.75) is 0 Å². The van der Waals surface area contributed by atoms with E-state index in [1.165, 1.54) is 33.0 Å². The number of aromatic hydroxyl groups is 1. The molecule has 2 nitrogen and oxygen atoms in total. The van der Waals surface area contributed by atoms with Gasteiger partial charge in [-0.15, -0.1) is 0 Å². The molecule has 0 radical (unpaired) electrons. The maximum Gasteiger partial charge on any atom is 0.143 e. The van der Waals surface area contributed by atoms with E-state index in [0.29, 0.717) is 10.6 Å². The summed E-state index contributed by atoms with van der Waals surface area (Å²) in [6.45, 7) is 0. The summed E-state index contributed by atoms with van der Waals surface area (Å²) in [5, 5.41) is 18.0. The molecule has 0 saturated heterocycles. The number of fused-ring (bicyclic) bond motifs is 5. The first kappa shape index (κ1) is 18.0. The Hall–Kier alpha value is -3.07. The lowest BCUT2D eigenvalue weighted by Crippen LogP contribution is -1.84. The minimum Gasteiger partial charge on any atom is -0.506 e. The second-order valence-electron chi connectivity index (χ2n) is 6.94. The first-order valence-electron chi connectivity index (χ1n) is 9.16. The van der Waals surface area contributed by atoms with Crippen molar-refractivity contribution in [2.75, 3.05) is 0 Å². The van der Waals surface area contributed by atoms with Crippen molar-refractivity contribution >= 4 is 67.4 Å². The smallest absolute Gasteiger partial charge is 0.143 e. The van der Waals surface area contributed by atoms with Gasteiger partial charge in [0.1, 0.15) is 5.75 Å². The van der Waals surface area contributed by atoms with Crippen LogP contribution in [0.3, 0.4) is 0 Å². The first-order chi connectivity index (χ1) is 14.1. The number of phenols is 1. The summed E-state index contributed by atoms with van der Waals surface area (Å²) in [7, 11) is 0. The van der Waals surface area contributed by atoms with Crippen LogP contribution in [-0.2, 0) is 0 Å². The largest absolute Gasteiger partial charge is 0.506 e. The van der Waals surface area contributed by atoms with Gasteiger partial charge in [0.2, 0.25) is 0 Å². The molecule has 0 aliphatic carbocycles. The summed E-state index contributed by atoms with van der Waals surface area (Å²) in [5.41, 5.74) is 1.26. The number of nitrogens with zero attached hydrogens (tertiary/aromatic N) is 1. The summed E-state index contributed by atoms with van der Waals surface area (Å²) in [6.07, 6.45) is 1.57. The van der Waals surface area contributed by atoms with Gasteiger partial charge in [-0.2, -0.15) is 0 Å². The van der Waals surface area contributed by atoms with E-state index in [4.69, 9.17) is 23.2 Å². The van der Waals surface area contributed by atoms with Gasteiger partial charge >= 0.3 is 0 Å². The molecule has 140 valence electrons. The Morgan fingerprint density at radius 1 is 0.690 bits per heavy atom. The van der Waals surface area contributed by atoms with Crippen LogP contribution >= 0.6 is 23.2 Å². The second-order valence-corrected chi connectivity index (χ2v) is 7.78. The highest BCUT2D eigenvalue weighted by Crippen LogP contribution is 2.33. The second kappa shape index (κ2) is 7.07. The van der Waals surface area contributed by atoms with Crippen molar-refractivity contribution in [3.8, 4) is 5.75 Å². The number of phenolic OH excluding ortho intramolecular Hbond substituents is 1. The zero-order valence-electron chi connectivity index (χ0n) is 15.2. The van der Waals surface area contributed by atoms with Crippen LogP contribution in [0, 0.1) is 0 Å². The Morgan fingerprint density at radius 2 is 1.38 bits per heavy atom. The highest BCUT2D eigenvalue weighted by molar-refractivity contribution is 6.36. The van der Waals surface area contributed by atoms with Crippen LogP contribution in [-0.4, -0.2) is 11.3 Å². The maximum atomic E-state index is 10.1. The lowest BCUT2D eigenvalue weighted by atomic mass is 9.97. The summed E-state index contributed by atoms with van der Waals surface area (Å²) in [4.78, 5) is 4.50. The Morgan fingerprint density at radius 3 is 2.21 bits per heavy atom. The quantitative estimate of drug-likeness (QED) is 0.230. The van der Waals surface area contributed by atoms with E-state index in [0.717, 1.165) is 11.1 Å². The van der Waals surface area contributed by atoms with E-state index in [2.05, 4.69) is 59.6 Å². The van der Waals surface area contributed by atoms with Crippen LogP contribution < -0.4 is 0 Å². The number of rotatable bonds is 2. The molecule has 5 rings (SSSR count). The SMILES string of the molecule is Oc1c(Cl)cc(Cl)cc1C=Nc1ccc2c(ccc3c4ccccc4ccc23)c1. The number of hydrogen-bond donors (Lipinski definition) is 1. The predicted octanol–water partition coefficient (Wildman–Crippen LogP) is 7.91. The molecule has 0 unspecified atom stereocenters. The molecule has 0 aliphatic heterocycles. The van der Waals surface area contributed by atoms with E-state index in [-0.39, 0.29) is 10.8 Å². The van der Waals surface area contributed by atoms with E-state index in [9.17, 15) is 5.11 Å². The van der Waals surface area contributed by atoms with Crippen LogP contribution in [0.5, 0.6) is 5.75 Å². The number of benzene rings is 5. The molecule has 0 heterocycles. The fourth-order valence-corrected chi connectivity index (χ4v) is 4.23. The summed E-state index contributed by atoms with van der Waals surface area (Å²) >= 11 is 12.0. The Labute approximate surface area is 177 Å². The highest BCUT2D eigenvalue weighted by Gasteiger charge is 2.07. The fraction of sp³-hybridized carbons (Fsp3) is 0. The lowest BCUT2D eigenvalue weighted by molar-refractivity contribution is 0.475. The average molecular weight is 416 g/mol. The third kappa shape index (κ3) is 3.21. The first-order valence-corrected chi connectivity index (χ1v) is 9.92. The maximum absolute atomic E-state index is 10.1. The van der Waals surface area contributed by atoms with Gasteiger partial charge in [-0.1, -0.05) is 77.8 Å². The molecule has 0 atom stereocenters. The van der Waals surface area contributed by atoms with Gasteiger partial charge < -0.3 is 5.11 Å². The molecule has 0 fully saturated rings. The molecular formula is C25H15Cl2NO. The molecule has 5 aromatic rings. The van der Waals surface area contributed by atoms with Crippen molar-refractivity contribution in [2.24, 2.45) is 4.99 Å². The van der Waals surface area contributed by atoms with Gasteiger partial charge in [-0.3, -0.25) is 4.99 Å². The molecule has 0 aliphatic rings. The van der Waals surface area contributed by atoms with Gasteiger partial charge in [0.15, 0.2) is 0 Å². The van der Waals surface area contributed by atoms with Crippen molar-refractivity contribution in [1.29, 1.82) is 0 Å².